The van der Waals surface area contributed by atoms with Gasteiger partial charge < -0.3 is 10.1 Å². The van der Waals surface area contributed by atoms with Crippen LogP contribution in [0, 0.1) is 5.82 Å². The van der Waals surface area contributed by atoms with Gasteiger partial charge in [0, 0.05) is 30.4 Å². The molecule has 0 aliphatic carbocycles. The van der Waals surface area contributed by atoms with E-state index in [0.717, 1.165) is 24.2 Å². The number of halogens is 1. The van der Waals surface area contributed by atoms with Crippen molar-refractivity contribution >= 4 is 11.6 Å². The third-order valence-corrected chi connectivity index (χ3v) is 4.88. The second-order valence-electron chi connectivity index (χ2n) is 6.61. The van der Waals surface area contributed by atoms with Gasteiger partial charge in [-0.3, -0.25) is 9.20 Å². The van der Waals surface area contributed by atoms with Crippen molar-refractivity contribution in [2.24, 2.45) is 0 Å². The fourth-order valence-corrected chi connectivity index (χ4v) is 3.45. The number of benzene rings is 1. The summed E-state index contributed by atoms with van der Waals surface area (Å²) in [5.74, 6) is 0.597. The summed E-state index contributed by atoms with van der Waals surface area (Å²) in [5.41, 5.74) is 3.36. The molecule has 0 saturated carbocycles. The van der Waals surface area contributed by atoms with Crippen molar-refractivity contribution in [1.29, 1.82) is 0 Å². The number of ether oxygens (including phenoxy) is 1. The van der Waals surface area contributed by atoms with Gasteiger partial charge in [-0.05, 0) is 43.0 Å². The van der Waals surface area contributed by atoms with Crippen LogP contribution in [0.5, 0.6) is 5.75 Å². The van der Waals surface area contributed by atoms with E-state index in [-0.39, 0.29) is 11.7 Å². The average Bonchev–Trinajstić information content (AvgIpc) is 2.92. The first-order valence-corrected chi connectivity index (χ1v) is 8.75. The highest BCUT2D eigenvalue weighted by Gasteiger charge is 2.24. The maximum absolute atomic E-state index is 13.3. The third-order valence-electron chi connectivity index (χ3n) is 4.88. The molecule has 0 fully saturated rings. The minimum atomic E-state index is -0.326. The molecule has 3 aromatic rings. The number of pyridine rings is 1. The smallest absolute Gasteiger partial charge is 0.270 e. The SMILES string of the molecule is CNC(=O)c1c(-c2ccc(F)cc2)nc2cc3c(cn12)C(C)CCCO3. The van der Waals surface area contributed by atoms with Crippen molar-refractivity contribution in [2.75, 3.05) is 13.7 Å². The Morgan fingerprint density at radius 2 is 2.12 bits per heavy atom. The molecule has 26 heavy (non-hydrogen) atoms. The molecule has 0 saturated heterocycles. The first-order chi connectivity index (χ1) is 12.6. The lowest BCUT2D eigenvalue weighted by atomic mass is 9.98. The number of hydrogen-bond acceptors (Lipinski definition) is 3. The van der Waals surface area contributed by atoms with Crippen LogP contribution in [-0.4, -0.2) is 28.9 Å². The Morgan fingerprint density at radius 3 is 2.85 bits per heavy atom. The lowest BCUT2D eigenvalue weighted by Crippen LogP contribution is -2.20. The van der Waals surface area contributed by atoms with Crippen molar-refractivity contribution in [3.05, 3.63) is 53.6 Å². The number of rotatable bonds is 2. The quantitative estimate of drug-likeness (QED) is 0.763. The van der Waals surface area contributed by atoms with Gasteiger partial charge in [0.25, 0.3) is 5.91 Å². The number of carbonyl (C=O) groups excluding carboxylic acids is 1. The molecule has 1 aromatic carbocycles. The molecule has 5 nitrogen and oxygen atoms in total. The molecule has 0 radical (unpaired) electrons. The van der Waals surface area contributed by atoms with Crippen LogP contribution < -0.4 is 10.1 Å². The second kappa shape index (κ2) is 6.44. The zero-order valence-corrected chi connectivity index (χ0v) is 14.8. The topological polar surface area (TPSA) is 55.6 Å². The highest BCUT2D eigenvalue weighted by Crippen LogP contribution is 2.35. The summed E-state index contributed by atoms with van der Waals surface area (Å²) >= 11 is 0. The number of amides is 1. The summed E-state index contributed by atoms with van der Waals surface area (Å²) in [6, 6.07) is 7.89. The van der Waals surface area contributed by atoms with E-state index >= 15 is 0 Å². The molecule has 1 N–H and O–H groups in total. The summed E-state index contributed by atoms with van der Waals surface area (Å²) in [6.45, 7) is 2.85. The Hall–Kier alpha value is -2.89. The largest absolute Gasteiger partial charge is 0.493 e. The Labute approximate surface area is 150 Å². The van der Waals surface area contributed by atoms with Crippen molar-refractivity contribution < 1.29 is 13.9 Å². The molecule has 0 spiro atoms. The van der Waals surface area contributed by atoms with E-state index in [1.165, 1.54) is 12.1 Å². The predicted molar refractivity (Wildman–Crippen MR) is 97.1 cm³/mol. The number of imidazole rings is 1. The average molecular weight is 353 g/mol. The third kappa shape index (κ3) is 2.71. The molecule has 134 valence electrons. The van der Waals surface area contributed by atoms with Crippen LogP contribution in [0.25, 0.3) is 16.9 Å². The molecule has 0 bridgehead atoms. The fourth-order valence-electron chi connectivity index (χ4n) is 3.45. The number of fused-ring (bicyclic) bond motifs is 2. The van der Waals surface area contributed by atoms with Crippen LogP contribution >= 0.6 is 0 Å². The van der Waals surface area contributed by atoms with Gasteiger partial charge in [0.1, 0.15) is 28.6 Å². The highest BCUT2D eigenvalue weighted by molar-refractivity contribution is 5.99. The zero-order valence-electron chi connectivity index (χ0n) is 14.8. The van der Waals surface area contributed by atoms with Gasteiger partial charge in [-0.2, -0.15) is 0 Å². The predicted octanol–water partition coefficient (Wildman–Crippen LogP) is 3.78. The minimum Gasteiger partial charge on any atom is -0.493 e. The maximum atomic E-state index is 13.3. The van der Waals surface area contributed by atoms with Crippen molar-refractivity contribution in [1.82, 2.24) is 14.7 Å². The number of hydrogen-bond donors (Lipinski definition) is 1. The molecule has 1 unspecified atom stereocenters. The van der Waals surface area contributed by atoms with Gasteiger partial charge in [-0.25, -0.2) is 9.37 Å². The maximum Gasteiger partial charge on any atom is 0.270 e. The molecule has 2 aromatic heterocycles. The zero-order chi connectivity index (χ0) is 18.3. The Balaban J connectivity index is 1.98. The summed E-state index contributed by atoms with van der Waals surface area (Å²) in [6.07, 6.45) is 3.99. The summed E-state index contributed by atoms with van der Waals surface area (Å²) in [5, 5.41) is 2.68. The van der Waals surface area contributed by atoms with Gasteiger partial charge in [-0.15, -0.1) is 0 Å². The molecule has 3 heterocycles. The Morgan fingerprint density at radius 1 is 1.35 bits per heavy atom. The molecule has 1 atom stereocenters. The summed E-state index contributed by atoms with van der Waals surface area (Å²) in [4.78, 5) is 17.2. The van der Waals surface area contributed by atoms with Gasteiger partial charge in [0.15, 0.2) is 0 Å². The standard InChI is InChI=1S/C20H20FN3O2/c1-12-4-3-9-26-16-10-17-23-18(13-5-7-14(21)8-6-13)19(20(25)22-2)24(17)11-15(12)16/h5-8,10-12H,3-4,9H2,1-2H3,(H,22,25). The van der Waals surface area contributed by atoms with Gasteiger partial charge in [0.2, 0.25) is 0 Å². The van der Waals surface area contributed by atoms with Crippen LogP contribution in [0.3, 0.4) is 0 Å². The second-order valence-corrected chi connectivity index (χ2v) is 6.61. The Bertz CT molecular complexity index is 979. The lowest BCUT2D eigenvalue weighted by molar-refractivity contribution is 0.0958. The first-order valence-electron chi connectivity index (χ1n) is 8.75. The van der Waals surface area contributed by atoms with Crippen LogP contribution in [0.15, 0.2) is 36.5 Å². The van der Waals surface area contributed by atoms with Crippen molar-refractivity contribution in [3.63, 3.8) is 0 Å². The van der Waals surface area contributed by atoms with E-state index in [0.29, 0.717) is 35.1 Å². The molecule has 1 aliphatic heterocycles. The molecular formula is C20H20FN3O2. The normalized spacial score (nSPS) is 16.7. The fraction of sp³-hybridized carbons (Fsp3) is 0.300. The number of aromatic nitrogens is 2. The number of nitrogens with zero attached hydrogens (tertiary/aromatic N) is 2. The lowest BCUT2D eigenvalue weighted by Gasteiger charge is -2.13. The van der Waals surface area contributed by atoms with Crippen molar-refractivity contribution in [2.45, 2.75) is 25.7 Å². The van der Waals surface area contributed by atoms with E-state index in [4.69, 9.17) is 4.74 Å². The van der Waals surface area contributed by atoms with Crippen LogP contribution in [0.2, 0.25) is 0 Å². The van der Waals surface area contributed by atoms with Gasteiger partial charge >= 0.3 is 0 Å². The van der Waals surface area contributed by atoms with Gasteiger partial charge in [0.05, 0.1) is 6.61 Å². The minimum absolute atomic E-state index is 0.237. The van der Waals surface area contributed by atoms with E-state index in [1.54, 1.807) is 19.2 Å². The van der Waals surface area contributed by atoms with Crippen LogP contribution in [0.1, 0.15) is 41.7 Å². The monoisotopic (exact) mass is 353 g/mol. The first kappa shape index (κ1) is 16.6. The van der Waals surface area contributed by atoms with E-state index < -0.39 is 0 Å². The van der Waals surface area contributed by atoms with E-state index in [9.17, 15) is 9.18 Å². The summed E-state index contributed by atoms with van der Waals surface area (Å²) < 4.78 is 21.0. The summed E-state index contributed by atoms with van der Waals surface area (Å²) in [7, 11) is 1.59. The van der Waals surface area contributed by atoms with E-state index in [2.05, 4.69) is 17.2 Å². The van der Waals surface area contributed by atoms with Gasteiger partial charge in [-0.1, -0.05) is 6.92 Å². The van der Waals surface area contributed by atoms with Crippen LogP contribution in [0.4, 0.5) is 4.39 Å². The molecular weight excluding hydrogens is 333 g/mol. The Kier molecular flexibility index (Phi) is 4.11. The van der Waals surface area contributed by atoms with E-state index in [1.807, 2.05) is 16.7 Å². The highest BCUT2D eigenvalue weighted by atomic mass is 19.1. The molecule has 6 heteroatoms. The van der Waals surface area contributed by atoms with Crippen LogP contribution in [-0.2, 0) is 0 Å². The molecule has 1 amide bonds. The molecule has 4 rings (SSSR count). The molecule has 1 aliphatic rings. The number of nitrogens with one attached hydrogen (secondary N) is 1. The van der Waals surface area contributed by atoms with Crippen molar-refractivity contribution in [3.8, 4) is 17.0 Å². The number of carbonyl (C=O) groups is 1.